The summed E-state index contributed by atoms with van der Waals surface area (Å²) in [7, 11) is 1.67. The number of aromatic nitrogens is 1. The van der Waals surface area contributed by atoms with Crippen LogP contribution in [-0.2, 0) is 24.0 Å². The van der Waals surface area contributed by atoms with Gasteiger partial charge in [0.1, 0.15) is 11.6 Å². The standard InChI is InChI=1S/C27H24F3NO2/c1-32-15-14-19-5-13-25(31-17-19)22-9-12-24-21(16-22)8-7-20(26(24)28)6-2-18-3-10-23(11-4-18)33-27(29)30/h3-5,7-13,16-17,27H,2,6,14-15H2,1H3. The van der Waals surface area contributed by atoms with Crippen molar-refractivity contribution >= 4 is 10.8 Å². The summed E-state index contributed by atoms with van der Waals surface area (Å²) in [5, 5.41) is 1.38. The fourth-order valence-electron chi connectivity index (χ4n) is 3.77. The van der Waals surface area contributed by atoms with E-state index in [1.165, 1.54) is 12.1 Å². The van der Waals surface area contributed by atoms with Crippen molar-refractivity contribution in [2.24, 2.45) is 0 Å². The summed E-state index contributed by atoms with van der Waals surface area (Å²) < 4.78 is 49.1. The van der Waals surface area contributed by atoms with Crippen LogP contribution >= 0.6 is 0 Å². The first-order chi connectivity index (χ1) is 16.0. The second-order valence-electron chi connectivity index (χ2n) is 7.79. The molecule has 6 heteroatoms. The minimum Gasteiger partial charge on any atom is -0.435 e. The van der Waals surface area contributed by atoms with Gasteiger partial charge in [0, 0.05) is 24.3 Å². The molecule has 0 aliphatic heterocycles. The Hall–Kier alpha value is -3.38. The lowest BCUT2D eigenvalue weighted by atomic mass is 9.98. The van der Waals surface area contributed by atoms with Crippen molar-refractivity contribution in [3.63, 3.8) is 0 Å². The lowest BCUT2D eigenvalue weighted by molar-refractivity contribution is -0.0498. The predicted molar refractivity (Wildman–Crippen MR) is 123 cm³/mol. The first-order valence-corrected chi connectivity index (χ1v) is 10.7. The Morgan fingerprint density at radius 1 is 0.848 bits per heavy atom. The number of benzene rings is 3. The Morgan fingerprint density at radius 3 is 2.33 bits per heavy atom. The van der Waals surface area contributed by atoms with Crippen molar-refractivity contribution in [1.29, 1.82) is 0 Å². The van der Waals surface area contributed by atoms with Crippen molar-refractivity contribution in [1.82, 2.24) is 4.98 Å². The molecule has 0 bridgehead atoms. The topological polar surface area (TPSA) is 31.4 Å². The summed E-state index contributed by atoms with van der Waals surface area (Å²) >= 11 is 0. The minimum absolute atomic E-state index is 0.112. The smallest absolute Gasteiger partial charge is 0.387 e. The van der Waals surface area contributed by atoms with E-state index in [-0.39, 0.29) is 11.6 Å². The van der Waals surface area contributed by atoms with Crippen LogP contribution in [0.2, 0.25) is 0 Å². The van der Waals surface area contributed by atoms with Gasteiger partial charge < -0.3 is 9.47 Å². The molecule has 4 aromatic rings. The van der Waals surface area contributed by atoms with Crippen LogP contribution in [0.4, 0.5) is 13.2 Å². The lowest BCUT2D eigenvalue weighted by Gasteiger charge is -2.10. The molecule has 0 amide bonds. The second kappa shape index (κ2) is 10.5. The highest BCUT2D eigenvalue weighted by Crippen LogP contribution is 2.27. The maximum absolute atomic E-state index is 15.2. The van der Waals surface area contributed by atoms with Crippen LogP contribution in [0, 0.1) is 5.82 Å². The zero-order chi connectivity index (χ0) is 23.2. The van der Waals surface area contributed by atoms with Crippen molar-refractivity contribution < 1.29 is 22.6 Å². The molecule has 0 N–H and O–H groups in total. The first kappa shape index (κ1) is 22.8. The number of halogens is 3. The molecular weight excluding hydrogens is 427 g/mol. The molecule has 0 aliphatic rings. The third-order valence-electron chi connectivity index (χ3n) is 5.58. The van der Waals surface area contributed by atoms with Gasteiger partial charge in [-0.2, -0.15) is 8.78 Å². The first-order valence-electron chi connectivity index (χ1n) is 10.7. The number of aryl methyl sites for hydroxylation is 2. The second-order valence-corrected chi connectivity index (χ2v) is 7.79. The van der Waals surface area contributed by atoms with Crippen LogP contribution in [0.5, 0.6) is 5.75 Å². The number of ether oxygens (including phenoxy) is 2. The van der Waals surface area contributed by atoms with Gasteiger partial charge in [0.25, 0.3) is 0 Å². The molecule has 170 valence electrons. The molecule has 1 aromatic heterocycles. The quantitative estimate of drug-likeness (QED) is 0.287. The average Bonchev–Trinajstić information content (AvgIpc) is 2.83. The molecular formula is C27H24F3NO2. The number of fused-ring (bicyclic) bond motifs is 1. The summed E-state index contributed by atoms with van der Waals surface area (Å²) in [6, 6.07) is 19.8. The molecule has 4 rings (SSSR count). The molecule has 0 fully saturated rings. The third-order valence-corrected chi connectivity index (χ3v) is 5.58. The number of pyridine rings is 1. The Morgan fingerprint density at radius 2 is 1.64 bits per heavy atom. The van der Waals surface area contributed by atoms with Crippen LogP contribution in [0.1, 0.15) is 16.7 Å². The lowest BCUT2D eigenvalue weighted by Crippen LogP contribution is -2.02. The van der Waals surface area contributed by atoms with Crippen molar-refractivity contribution in [3.05, 3.63) is 95.4 Å². The van der Waals surface area contributed by atoms with E-state index >= 15 is 4.39 Å². The van der Waals surface area contributed by atoms with Gasteiger partial charge in [-0.25, -0.2) is 4.39 Å². The maximum atomic E-state index is 15.2. The molecule has 0 aliphatic carbocycles. The van der Waals surface area contributed by atoms with Gasteiger partial charge in [-0.1, -0.05) is 42.5 Å². The monoisotopic (exact) mass is 451 g/mol. The van der Waals surface area contributed by atoms with Gasteiger partial charge in [0.15, 0.2) is 0 Å². The molecule has 0 spiro atoms. The van der Waals surface area contributed by atoms with Crippen LogP contribution < -0.4 is 4.74 Å². The molecule has 0 saturated heterocycles. The van der Waals surface area contributed by atoms with Gasteiger partial charge in [0.05, 0.1) is 12.3 Å². The zero-order valence-corrected chi connectivity index (χ0v) is 18.2. The fraction of sp³-hybridized carbons (Fsp3) is 0.222. The van der Waals surface area contributed by atoms with Crippen LogP contribution in [0.25, 0.3) is 22.0 Å². The van der Waals surface area contributed by atoms with Crippen molar-refractivity contribution in [2.75, 3.05) is 13.7 Å². The Labute approximate surface area is 190 Å². The highest BCUT2D eigenvalue weighted by atomic mass is 19.3. The number of alkyl halides is 2. The third kappa shape index (κ3) is 5.71. The van der Waals surface area contributed by atoms with E-state index in [9.17, 15) is 8.78 Å². The summed E-state index contributed by atoms with van der Waals surface area (Å²) in [4.78, 5) is 4.53. The number of methoxy groups -OCH3 is 1. The van der Waals surface area contributed by atoms with E-state index in [0.29, 0.717) is 30.4 Å². The Bertz CT molecular complexity index is 1210. The summed E-state index contributed by atoms with van der Waals surface area (Å²) in [6.07, 6.45) is 3.75. The molecule has 3 nitrogen and oxygen atoms in total. The zero-order valence-electron chi connectivity index (χ0n) is 18.2. The molecule has 33 heavy (non-hydrogen) atoms. The number of rotatable bonds is 9. The molecule has 0 radical (unpaired) electrons. The largest absolute Gasteiger partial charge is 0.435 e. The molecule has 1 heterocycles. The van der Waals surface area contributed by atoms with Crippen molar-refractivity contribution in [2.45, 2.75) is 25.9 Å². The normalized spacial score (nSPS) is 11.3. The van der Waals surface area contributed by atoms with Gasteiger partial charge in [-0.05, 0) is 65.6 Å². The Kier molecular flexibility index (Phi) is 7.25. The summed E-state index contributed by atoms with van der Waals surface area (Å²) in [6.45, 7) is -2.20. The summed E-state index contributed by atoms with van der Waals surface area (Å²) in [5.41, 5.74) is 4.41. The molecule has 0 atom stereocenters. The highest BCUT2D eigenvalue weighted by molar-refractivity contribution is 5.88. The maximum Gasteiger partial charge on any atom is 0.387 e. The summed E-state index contributed by atoms with van der Waals surface area (Å²) in [5.74, 6) is -0.125. The van der Waals surface area contributed by atoms with E-state index in [2.05, 4.69) is 9.72 Å². The average molecular weight is 451 g/mol. The van der Waals surface area contributed by atoms with Gasteiger partial charge in [0.2, 0.25) is 0 Å². The minimum atomic E-state index is -2.85. The predicted octanol–water partition coefficient (Wildman–Crippen LogP) is 6.62. The molecule has 3 aromatic carbocycles. The number of nitrogens with zero attached hydrogens (tertiary/aromatic N) is 1. The molecule has 0 unspecified atom stereocenters. The fourth-order valence-corrected chi connectivity index (χ4v) is 3.77. The Balaban J connectivity index is 1.47. The van der Waals surface area contributed by atoms with Gasteiger partial charge >= 0.3 is 6.61 Å². The van der Waals surface area contributed by atoms with Crippen molar-refractivity contribution in [3.8, 4) is 17.0 Å². The molecule has 0 saturated carbocycles. The van der Waals surface area contributed by atoms with E-state index < -0.39 is 6.61 Å². The van der Waals surface area contributed by atoms with Crippen LogP contribution in [-0.4, -0.2) is 25.3 Å². The van der Waals surface area contributed by atoms with Crippen LogP contribution in [0.3, 0.4) is 0 Å². The van der Waals surface area contributed by atoms with Gasteiger partial charge in [-0.3, -0.25) is 4.98 Å². The van der Waals surface area contributed by atoms with E-state index in [1.807, 2.05) is 36.5 Å². The highest BCUT2D eigenvalue weighted by Gasteiger charge is 2.10. The van der Waals surface area contributed by atoms with E-state index in [1.54, 1.807) is 31.4 Å². The number of hydrogen-bond acceptors (Lipinski definition) is 3. The SMILES string of the molecule is COCCc1ccc(-c2ccc3c(F)c(CCc4ccc(OC(F)F)cc4)ccc3c2)nc1. The van der Waals surface area contributed by atoms with Gasteiger partial charge in [-0.15, -0.1) is 0 Å². The van der Waals surface area contributed by atoms with Crippen LogP contribution in [0.15, 0.2) is 72.9 Å². The van der Waals surface area contributed by atoms with E-state index in [4.69, 9.17) is 4.74 Å². The van der Waals surface area contributed by atoms with E-state index in [0.717, 1.165) is 34.2 Å². The number of hydrogen-bond donors (Lipinski definition) is 0.